The molecule has 1 aliphatic rings. The number of piperidine rings is 1. The molecule has 0 radical (unpaired) electrons. The Bertz CT molecular complexity index is 572. The first-order valence-corrected chi connectivity index (χ1v) is 9.17. The monoisotopic (exact) mass is 346 g/mol. The van der Waals surface area contributed by atoms with Crippen molar-refractivity contribution in [1.29, 1.82) is 0 Å². The highest BCUT2D eigenvalue weighted by Gasteiger charge is 2.32. The lowest BCUT2D eigenvalue weighted by atomic mass is 9.89. The number of hydrogen-bond acceptors (Lipinski definition) is 3. The summed E-state index contributed by atoms with van der Waals surface area (Å²) in [5, 5.41) is 12.3. The van der Waals surface area contributed by atoms with Gasteiger partial charge in [0.25, 0.3) is 0 Å². The van der Waals surface area contributed by atoms with Crippen molar-refractivity contribution in [3.8, 4) is 0 Å². The largest absolute Gasteiger partial charge is 0.396 e. The number of likely N-dealkylation sites (tertiary alicyclic amines) is 1. The molecule has 0 aliphatic carbocycles. The van der Waals surface area contributed by atoms with Gasteiger partial charge in [0.05, 0.1) is 0 Å². The maximum atomic E-state index is 12.8. The third kappa shape index (κ3) is 5.56. The molecule has 1 aromatic rings. The first-order chi connectivity index (χ1) is 11.9. The number of nitrogens with one attached hydrogen (secondary N) is 1. The molecule has 5 nitrogen and oxygen atoms in total. The Morgan fingerprint density at radius 1 is 1.28 bits per heavy atom. The molecule has 138 valence electrons. The highest BCUT2D eigenvalue weighted by Crippen LogP contribution is 2.26. The van der Waals surface area contributed by atoms with Crippen molar-refractivity contribution in [3.05, 3.63) is 35.9 Å². The van der Waals surface area contributed by atoms with E-state index in [9.17, 15) is 14.7 Å². The van der Waals surface area contributed by atoms with Gasteiger partial charge in [-0.15, -0.1) is 0 Å². The van der Waals surface area contributed by atoms with Crippen molar-refractivity contribution >= 4 is 11.8 Å². The van der Waals surface area contributed by atoms with Crippen LogP contribution in [0.2, 0.25) is 0 Å². The average molecular weight is 346 g/mol. The number of amides is 2. The van der Waals surface area contributed by atoms with E-state index in [1.807, 2.05) is 44.2 Å². The van der Waals surface area contributed by atoms with Crippen molar-refractivity contribution in [2.75, 3.05) is 19.7 Å². The van der Waals surface area contributed by atoms with Crippen LogP contribution in [-0.2, 0) is 9.59 Å². The van der Waals surface area contributed by atoms with Crippen molar-refractivity contribution in [1.82, 2.24) is 10.2 Å². The first-order valence-electron chi connectivity index (χ1n) is 9.17. The maximum absolute atomic E-state index is 12.8. The van der Waals surface area contributed by atoms with E-state index in [0.717, 1.165) is 31.2 Å². The Hall–Kier alpha value is -1.88. The van der Waals surface area contributed by atoms with Crippen molar-refractivity contribution in [2.45, 2.75) is 52.0 Å². The minimum Gasteiger partial charge on any atom is -0.396 e. The van der Waals surface area contributed by atoms with Gasteiger partial charge in [0.2, 0.25) is 11.8 Å². The Kier molecular flexibility index (Phi) is 7.00. The van der Waals surface area contributed by atoms with Crippen molar-refractivity contribution in [3.63, 3.8) is 0 Å². The summed E-state index contributed by atoms with van der Waals surface area (Å²) in [5.74, 6) is -0.0695. The Labute approximate surface area is 150 Å². The molecule has 1 atom stereocenters. The van der Waals surface area contributed by atoms with E-state index < -0.39 is 6.04 Å². The molecular weight excluding hydrogens is 316 g/mol. The lowest BCUT2D eigenvalue weighted by Gasteiger charge is -2.34. The summed E-state index contributed by atoms with van der Waals surface area (Å²) in [4.78, 5) is 26.9. The number of hydrogen-bond donors (Lipinski definition) is 2. The zero-order valence-electron chi connectivity index (χ0n) is 15.3. The van der Waals surface area contributed by atoms with Gasteiger partial charge in [0.15, 0.2) is 0 Å². The van der Waals surface area contributed by atoms with Gasteiger partial charge < -0.3 is 15.3 Å². The molecule has 0 aromatic heterocycles. The van der Waals surface area contributed by atoms with Crippen molar-refractivity contribution in [2.24, 2.45) is 5.41 Å². The minimum absolute atomic E-state index is 0.0525. The molecule has 2 amide bonds. The number of carbonyl (C=O) groups excluding carboxylic acids is 2. The quantitative estimate of drug-likeness (QED) is 0.711. The molecular formula is C20H30N2O3. The molecule has 1 heterocycles. The first kappa shape index (κ1) is 19.4. The molecule has 2 N–H and O–H groups in total. The van der Waals surface area contributed by atoms with Gasteiger partial charge in [-0.05, 0) is 36.7 Å². The topological polar surface area (TPSA) is 69.6 Å². The number of benzene rings is 1. The summed E-state index contributed by atoms with van der Waals surface area (Å²) < 4.78 is 0. The van der Waals surface area contributed by atoms with Gasteiger partial charge >= 0.3 is 0 Å². The second kappa shape index (κ2) is 8.99. The van der Waals surface area contributed by atoms with Gasteiger partial charge in [0, 0.05) is 26.1 Å². The third-order valence-electron chi connectivity index (χ3n) is 4.79. The Morgan fingerprint density at radius 3 is 2.64 bits per heavy atom. The molecule has 0 spiro atoms. The fraction of sp³-hybridized carbons (Fsp3) is 0.600. The maximum Gasteiger partial charge on any atom is 0.247 e. The van der Waals surface area contributed by atoms with E-state index in [1.54, 1.807) is 4.90 Å². The second-order valence-electron chi connectivity index (χ2n) is 7.57. The van der Waals surface area contributed by atoms with Crippen LogP contribution >= 0.6 is 0 Å². The fourth-order valence-corrected chi connectivity index (χ4v) is 3.16. The van der Waals surface area contributed by atoms with E-state index in [1.165, 1.54) is 0 Å². The van der Waals surface area contributed by atoms with E-state index >= 15 is 0 Å². The molecule has 1 fully saturated rings. The fourth-order valence-electron chi connectivity index (χ4n) is 3.16. The molecule has 1 unspecified atom stereocenters. The van der Waals surface area contributed by atoms with E-state index in [0.29, 0.717) is 19.5 Å². The van der Waals surface area contributed by atoms with Crippen LogP contribution in [0.3, 0.4) is 0 Å². The van der Waals surface area contributed by atoms with Gasteiger partial charge in [-0.1, -0.05) is 44.2 Å². The second-order valence-corrected chi connectivity index (χ2v) is 7.57. The Morgan fingerprint density at radius 2 is 2.00 bits per heavy atom. The molecule has 1 aliphatic heterocycles. The molecule has 5 heteroatoms. The normalized spacial score (nSPS) is 16.6. The molecule has 2 rings (SSSR count). The highest BCUT2D eigenvalue weighted by atomic mass is 16.3. The summed E-state index contributed by atoms with van der Waals surface area (Å²) in [6.45, 7) is 5.33. The van der Waals surface area contributed by atoms with Crippen LogP contribution < -0.4 is 5.32 Å². The van der Waals surface area contributed by atoms with Gasteiger partial charge in [-0.25, -0.2) is 0 Å². The van der Waals surface area contributed by atoms with E-state index in [2.05, 4.69) is 5.32 Å². The number of nitrogens with zero attached hydrogens (tertiary/aromatic N) is 1. The number of aliphatic hydroxyl groups is 1. The minimum atomic E-state index is -0.556. The van der Waals surface area contributed by atoms with Crippen LogP contribution in [0, 0.1) is 5.41 Å². The Balaban J connectivity index is 2.02. The van der Waals surface area contributed by atoms with Crippen molar-refractivity contribution < 1.29 is 14.7 Å². The third-order valence-corrected chi connectivity index (χ3v) is 4.79. The molecule has 1 aromatic carbocycles. The smallest absolute Gasteiger partial charge is 0.247 e. The zero-order chi connectivity index (χ0) is 18.3. The summed E-state index contributed by atoms with van der Waals surface area (Å²) >= 11 is 0. The predicted molar refractivity (Wildman–Crippen MR) is 97.9 cm³/mol. The molecule has 0 saturated carbocycles. The summed E-state index contributed by atoms with van der Waals surface area (Å²) in [6, 6.07) is 8.96. The van der Waals surface area contributed by atoms with E-state index in [4.69, 9.17) is 0 Å². The molecule has 0 bridgehead atoms. The lowest BCUT2D eigenvalue weighted by Crippen LogP contribution is -2.46. The number of carbonyl (C=O) groups is 2. The zero-order valence-corrected chi connectivity index (χ0v) is 15.3. The molecule has 1 saturated heterocycles. The van der Waals surface area contributed by atoms with Crippen LogP contribution in [0.4, 0.5) is 0 Å². The van der Waals surface area contributed by atoms with E-state index in [-0.39, 0.29) is 23.8 Å². The van der Waals surface area contributed by atoms with Crippen LogP contribution in [0.25, 0.3) is 0 Å². The number of aliphatic hydroxyl groups excluding tert-OH is 1. The highest BCUT2D eigenvalue weighted by molar-refractivity contribution is 5.89. The van der Waals surface area contributed by atoms with Gasteiger partial charge in [-0.2, -0.15) is 0 Å². The summed E-state index contributed by atoms with van der Waals surface area (Å²) in [5.41, 5.74) is 0.720. The summed E-state index contributed by atoms with van der Waals surface area (Å²) in [7, 11) is 0. The van der Waals surface area contributed by atoms with Crippen LogP contribution in [0.15, 0.2) is 30.3 Å². The predicted octanol–water partition coefficient (Wildman–Crippen LogP) is 2.66. The number of rotatable bonds is 8. The average Bonchev–Trinajstić information content (AvgIpc) is 2.62. The standard InChI is InChI=1S/C20H30N2O3/c1-20(2,15-23)12-8-13-21-19(25)18(16-9-4-3-5-10-16)22-14-7-6-11-17(22)24/h3-5,9-10,18,23H,6-8,11-15H2,1-2H3,(H,21,25). The van der Waals surface area contributed by atoms with Gasteiger partial charge in [0.1, 0.15) is 6.04 Å². The molecule has 25 heavy (non-hydrogen) atoms. The van der Waals surface area contributed by atoms with Crippen LogP contribution in [-0.4, -0.2) is 41.5 Å². The van der Waals surface area contributed by atoms with Gasteiger partial charge in [-0.3, -0.25) is 9.59 Å². The lowest BCUT2D eigenvalue weighted by molar-refractivity contribution is -0.142. The van der Waals surface area contributed by atoms with Crippen LogP contribution in [0.1, 0.15) is 57.6 Å². The SMILES string of the molecule is CC(C)(CO)CCCNC(=O)C(c1ccccc1)N1CCCCC1=O. The summed E-state index contributed by atoms with van der Waals surface area (Å²) in [6.07, 6.45) is 3.99. The van der Waals surface area contributed by atoms with Crippen LogP contribution in [0.5, 0.6) is 0 Å².